The fraction of sp³-hybridized carbons (Fsp3) is 0.118. The van der Waals surface area contributed by atoms with Crippen molar-refractivity contribution in [2.75, 3.05) is 0 Å². The summed E-state index contributed by atoms with van der Waals surface area (Å²) >= 11 is 6.36. The second kappa shape index (κ2) is 5.14. The van der Waals surface area contributed by atoms with Crippen LogP contribution in [0, 0.1) is 0 Å². The second-order valence-corrected chi connectivity index (χ2v) is 5.15. The molecule has 0 radical (unpaired) electrons. The van der Waals surface area contributed by atoms with Crippen molar-refractivity contribution in [3.8, 4) is 0 Å². The first-order chi connectivity index (χ1) is 9.74. The van der Waals surface area contributed by atoms with Gasteiger partial charge in [-0.1, -0.05) is 60.1 Å². The summed E-state index contributed by atoms with van der Waals surface area (Å²) in [7, 11) is 0. The van der Waals surface area contributed by atoms with Crippen molar-refractivity contribution in [3.05, 3.63) is 59.1 Å². The summed E-state index contributed by atoms with van der Waals surface area (Å²) in [5.41, 5.74) is 1.60. The standard InChI is InChI=1S/C17H14ClNO/c1-2-17(19-20)11-7-8-13-12(9-11)10-16(18)15-6-4-3-5-14(13)15/h3-10,20H,2H2,1H3/b19-17-. The zero-order chi connectivity index (χ0) is 14.1. The molecule has 0 spiro atoms. The van der Waals surface area contributed by atoms with Gasteiger partial charge in [-0.3, -0.25) is 0 Å². The van der Waals surface area contributed by atoms with Crippen LogP contribution in [0.3, 0.4) is 0 Å². The van der Waals surface area contributed by atoms with Crippen LogP contribution in [0.1, 0.15) is 18.9 Å². The highest BCUT2D eigenvalue weighted by Gasteiger charge is 2.07. The van der Waals surface area contributed by atoms with E-state index >= 15 is 0 Å². The second-order valence-electron chi connectivity index (χ2n) is 4.74. The quantitative estimate of drug-likeness (QED) is 0.297. The molecule has 3 rings (SSSR count). The molecule has 3 heteroatoms. The Morgan fingerprint density at radius 2 is 1.80 bits per heavy atom. The van der Waals surface area contributed by atoms with Crippen molar-refractivity contribution in [3.63, 3.8) is 0 Å². The van der Waals surface area contributed by atoms with Crippen LogP contribution in [-0.2, 0) is 0 Å². The van der Waals surface area contributed by atoms with E-state index in [1.807, 2.05) is 43.3 Å². The molecule has 0 aromatic heterocycles. The van der Waals surface area contributed by atoms with Gasteiger partial charge < -0.3 is 5.21 Å². The molecule has 2 nitrogen and oxygen atoms in total. The molecule has 0 aliphatic carbocycles. The summed E-state index contributed by atoms with van der Waals surface area (Å²) in [6.07, 6.45) is 0.684. The van der Waals surface area contributed by atoms with Gasteiger partial charge in [0.1, 0.15) is 0 Å². The molecule has 3 aromatic rings. The predicted molar refractivity (Wildman–Crippen MR) is 85.1 cm³/mol. The summed E-state index contributed by atoms with van der Waals surface area (Å²) in [5.74, 6) is 0. The Bertz CT molecular complexity index is 824. The van der Waals surface area contributed by atoms with Gasteiger partial charge in [-0.2, -0.15) is 0 Å². The van der Waals surface area contributed by atoms with Crippen LogP contribution < -0.4 is 0 Å². The lowest BCUT2D eigenvalue weighted by Crippen LogP contribution is -1.98. The van der Waals surface area contributed by atoms with Crippen LogP contribution in [0.25, 0.3) is 21.5 Å². The topological polar surface area (TPSA) is 32.6 Å². The van der Waals surface area contributed by atoms with Gasteiger partial charge in [0.05, 0.1) is 5.71 Å². The Balaban J connectivity index is 2.34. The molecule has 3 aromatic carbocycles. The summed E-state index contributed by atoms with van der Waals surface area (Å²) in [6.45, 7) is 1.96. The van der Waals surface area contributed by atoms with E-state index in [0.29, 0.717) is 12.1 Å². The van der Waals surface area contributed by atoms with E-state index in [4.69, 9.17) is 16.8 Å². The largest absolute Gasteiger partial charge is 0.411 e. The number of benzene rings is 3. The molecule has 0 amide bonds. The molecule has 0 unspecified atom stereocenters. The zero-order valence-electron chi connectivity index (χ0n) is 11.1. The van der Waals surface area contributed by atoms with Crippen molar-refractivity contribution >= 4 is 38.9 Å². The minimum absolute atomic E-state index is 0.677. The Morgan fingerprint density at radius 1 is 1.05 bits per heavy atom. The summed E-state index contributed by atoms with van der Waals surface area (Å²) in [6, 6.07) is 16.1. The fourth-order valence-electron chi connectivity index (χ4n) is 2.58. The van der Waals surface area contributed by atoms with Crippen LogP contribution >= 0.6 is 11.6 Å². The van der Waals surface area contributed by atoms with Crippen LogP contribution in [0.2, 0.25) is 5.02 Å². The van der Waals surface area contributed by atoms with Gasteiger partial charge in [-0.05, 0) is 40.3 Å². The SMILES string of the molecule is CC/C(=N/O)c1ccc2c(c1)cc(Cl)c1ccccc12. The molecular weight excluding hydrogens is 270 g/mol. The Morgan fingerprint density at radius 3 is 2.50 bits per heavy atom. The maximum atomic E-state index is 9.04. The third-order valence-electron chi connectivity index (χ3n) is 3.60. The van der Waals surface area contributed by atoms with E-state index in [-0.39, 0.29) is 0 Å². The molecule has 1 N–H and O–H groups in total. The van der Waals surface area contributed by atoms with Crippen LogP contribution in [0.4, 0.5) is 0 Å². The lowest BCUT2D eigenvalue weighted by Gasteiger charge is -2.08. The highest BCUT2D eigenvalue weighted by Crippen LogP contribution is 2.32. The third kappa shape index (κ3) is 2.02. The van der Waals surface area contributed by atoms with Gasteiger partial charge in [-0.25, -0.2) is 0 Å². The molecule has 0 saturated carbocycles. The normalized spacial score (nSPS) is 12.2. The third-order valence-corrected chi connectivity index (χ3v) is 3.91. The molecule has 0 atom stereocenters. The van der Waals surface area contributed by atoms with Crippen LogP contribution in [-0.4, -0.2) is 10.9 Å². The molecule has 0 aliphatic rings. The Labute approximate surface area is 122 Å². The summed E-state index contributed by atoms with van der Waals surface area (Å²) in [4.78, 5) is 0. The van der Waals surface area contributed by atoms with E-state index in [9.17, 15) is 0 Å². The highest BCUT2D eigenvalue weighted by atomic mass is 35.5. The number of hydrogen-bond donors (Lipinski definition) is 1. The van der Waals surface area contributed by atoms with E-state index in [1.165, 1.54) is 0 Å². The van der Waals surface area contributed by atoms with Crippen molar-refractivity contribution in [2.45, 2.75) is 13.3 Å². The smallest absolute Gasteiger partial charge is 0.0865 e. The van der Waals surface area contributed by atoms with Crippen molar-refractivity contribution < 1.29 is 5.21 Å². The number of hydrogen-bond acceptors (Lipinski definition) is 2. The van der Waals surface area contributed by atoms with Gasteiger partial charge in [-0.15, -0.1) is 0 Å². The average molecular weight is 284 g/mol. The number of oxime groups is 1. The zero-order valence-corrected chi connectivity index (χ0v) is 11.9. The van der Waals surface area contributed by atoms with Gasteiger partial charge in [0.2, 0.25) is 0 Å². The molecule has 0 bridgehead atoms. The first-order valence-corrected chi connectivity index (χ1v) is 6.94. The first kappa shape index (κ1) is 12.9. The van der Waals surface area contributed by atoms with Gasteiger partial charge in [0.25, 0.3) is 0 Å². The molecular formula is C17H14ClNO. The minimum atomic E-state index is 0.677. The number of fused-ring (bicyclic) bond motifs is 3. The lowest BCUT2D eigenvalue weighted by molar-refractivity contribution is 0.318. The van der Waals surface area contributed by atoms with Gasteiger partial charge in [0.15, 0.2) is 0 Å². The fourth-order valence-corrected chi connectivity index (χ4v) is 2.86. The monoisotopic (exact) mass is 283 g/mol. The van der Waals surface area contributed by atoms with E-state index in [0.717, 1.165) is 32.1 Å². The number of nitrogens with zero attached hydrogens (tertiary/aromatic N) is 1. The number of halogens is 1. The van der Waals surface area contributed by atoms with E-state index < -0.39 is 0 Å². The van der Waals surface area contributed by atoms with Crippen LogP contribution in [0.15, 0.2) is 53.7 Å². The summed E-state index contributed by atoms with van der Waals surface area (Å²) in [5, 5.41) is 17.5. The average Bonchev–Trinajstić information content (AvgIpc) is 2.49. The van der Waals surface area contributed by atoms with E-state index in [2.05, 4.69) is 17.3 Å². The lowest BCUT2D eigenvalue weighted by atomic mass is 9.98. The van der Waals surface area contributed by atoms with Gasteiger partial charge >= 0.3 is 0 Å². The van der Waals surface area contributed by atoms with Gasteiger partial charge in [0, 0.05) is 10.4 Å². The minimum Gasteiger partial charge on any atom is -0.411 e. The molecule has 20 heavy (non-hydrogen) atoms. The highest BCUT2D eigenvalue weighted by molar-refractivity contribution is 6.37. The van der Waals surface area contributed by atoms with Crippen molar-refractivity contribution in [1.82, 2.24) is 0 Å². The van der Waals surface area contributed by atoms with Crippen molar-refractivity contribution in [1.29, 1.82) is 0 Å². The maximum Gasteiger partial charge on any atom is 0.0865 e. The van der Waals surface area contributed by atoms with Crippen LogP contribution in [0.5, 0.6) is 0 Å². The molecule has 0 fully saturated rings. The Kier molecular flexibility index (Phi) is 3.33. The molecule has 0 saturated heterocycles. The molecule has 0 heterocycles. The molecule has 100 valence electrons. The molecule has 0 aliphatic heterocycles. The summed E-state index contributed by atoms with van der Waals surface area (Å²) < 4.78 is 0. The first-order valence-electron chi connectivity index (χ1n) is 6.57. The maximum absolute atomic E-state index is 9.04. The Hall–Kier alpha value is -2.06. The predicted octanol–water partition coefficient (Wildman–Crippen LogP) is 5.23. The number of rotatable bonds is 2. The van der Waals surface area contributed by atoms with E-state index in [1.54, 1.807) is 0 Å². The van der Waals surface area contributed by atoms with Crippen molar-refractivity contribution in [2.24, 2.45) is 5.16 Å².